The predicted octanol–water partition coefficient (Wildman–Crippen LogP) is 2.81. The molecule has 0 aromatic carbocycles. The highest BCUT2D eigenvalue weighted by Gasteiger charge is 2.18. The van der Waals surface area contributed by atoms with Gasteiger partial charge in [0.15, 0.2) is 0 Å². The van der Waals surface area contributed by atoms with Crippen molar-refractivity contribution in [1.82, 2.24) is 14.8 Å². The maximum Gasteiger partial charge on any atom is 0.0738 e. The van der Waals surface area contributed by atoms with Crippen LogP contribution in [-0.2, 0) is 6.54 Å². The van der Waals surface area contributed by atoms with E-state index in [0.29, 0.717) is 0 Å². The number of rotatable bonds is 4. The molecule has 96 valence electrons. The minimum absolute atomic E-state index is 0.185. The van der Waals surface area contributed by atoms with E-state index >= 15 is 0 Å². The Balaban J connectivity index is 2.39. The molecule has 1 atom stereocenters. The molecule has 0 aliphatic rings. The zero-order chi connectivity index (χ0) is 13.1. The van der Waals surface area contributed by atoms with Gasteiger partial charge in [-0.3, -0.25) is 9.67 Å². The molecule has 0 spiro atoms. The van der Waals surface area contributed by atoms with Crippen molar-refractivity contribution in [3.63, 3.8) is 0 Å². The first-order valence-electron chi connectivity index (χ1n) is 6.02. The Hall–Kier alpha value is -1.20. The van der Waals surface area contributed by atoms with Crippen LogP contribution in [0.2, 0.25) is 0 Å². The number of hydrogen-bond acceptors (Lipinski definition) is 3. The summed E-state index contributed by atoms with van der Waals surface area (Å²) >= 11 is 3.52. The van der Waals surface area contributed by atoms with Crippen molar-refractivity contribution >= 4 is 15.9 Å². The lowest BCUT2D eigenvalue weighted by molar-refractivity contribution is 0.558. The maximum absolute atomic E-state index is 6.34. The molecule has 18 heavy (non-hydrogen) atoms. The SMILES string of the molecule is CCCn1ncc(Br)c1C(N)c1ccnc(C)c1. The quantitative estimate of drug-likeness (QED) is 0.945. The molecule has 0 bridgehead atoms. The van der Waals surface area contributed by atoms with Gasteiger partial charge >= 0.3 is 0 Å². The highest BCUT2D eigenvalue weighted by Crippen LogP contribution is 2.27. The molecule has 5 heteroatoms. The topological polar surface area (TPSA) is 56.7 Å². The summed E-state index contributed by atoms with van der Waals surface area (Å²) in [6.45, 7) is 4.97. The third kappa shape index (κ3) is 2.62. The van der Waals surface area contributed by atoms with Crippen LogP contribution in [0.3, 0.4) is 0 Å². The van der Waals surface area contributed by atoms with Crippen molar-refractivity contribution in [3.05, 3.63) is 46.0 Å². The zero-order valence-corrected chi connectivity index (χ0v) is 12.2. The van der Waals surface area contributed by atoms with Crippen molar-refractivity contribution in [1.29, 1.82) is 0 Å². The molecule has 0 saturated carbocycles. The molecule has 2 rings (SSSR count). The standard InChI is InChI=1S/C13H17BrN4/c1-3-6-18-13(11(14)8-17-18)12(15)10-4-5-16-9(2)7-10/h4-5,7-8,12H,3,6,15H2,1-2H3. The highest BCUT2D eigenvalue weighted by molar-refractivity contribution is 9.10. The van der Waals surface area contributed by atoms with Crippen LogP contribution in [0.15, 0.2) is 29.0 Å². The summed E-state index contributed by atoms with van der Waals surface area (Å²) in [5, 5.41) is 4.35. The second kappa shape index (κ2) is 5.63. The maximum atomic E-state index is 6.34. The van der Waals surface area contributed by atoms with E-state index in [9.17, 15) is 0 Å². The van der Waals surface area contributed by atoms with E-state index in [-0.39, 0.29) is 6.04 Å². The molecule has 2 heterocycles. The Labute approximate surface area is 115 Å². The minimum atomic E-state index is -0.185. The summed E-state index contributed by atoms with van der Waals surface area (Å²) in [7, 11) is 0. The molecule has 2 N–H and O–H groups in total. The first-order valence-corrected chi connectivity index (χ1v) is 6.82. The Morgan fingerprint density at radius 2 is 2.28 bits per heavy atom. The van der Waals surface area contributed by atoms with Crippen molar-refractivity contribution in [3.8, 4) is 0 Å². The van der Waals surface area contributed by atoms with Crippen LogP contribution in [0.1, 0.15) is 36.3 Å². The third-order valence-corrected chi connectivity index (χ3v) is 3.45. The fourth-order valence-electron chi connectivity index (χ4n) is 1.99. The lowest BCUT2D eigenvalue weighted by Gasteiger charge is -2.15. The van der Waals surface area contributed by atoms with E-state index in [0.717, 1.165) is 34.4 Å². The van der Waals surface area contributed by atoms with Gasteiger partial charge in [-0.1, -0.05) is 6.92 Å². The van der Waals surface area contributed by atoms with Gasteiger partial charge in [-0.2, -0.15) is 5.10 Å². The first kappa shape index (κ1) is 13.2. The van der Waals surface area contributed by atoms with E-state index in [4.69, 9.17) is 5.73 Å². The van der Waals surface area contributed by atoms with Crippen LogP contribution in [-0.4, -0.2) is 14.8 Å². The summed E-state index contributed by atoms with van der Waals surface area (Å²) in [4.78, 5) is 4.20. The molecule has 1 unspecified atom stereocenters. The molecule has 0 radical (unpaired) electrons. The number of aryl methyl sites for hydroxylation is 2. The van der Waals surface area contributed by atoms with Gasteiger partial charge < -0.3 is 5.73 Å². The summed E-state index contributed by atoms with van der Waals surface area (Å²) < 4.78 is 2.92. The van der Waals surface area contributed by atoms with Gasteiger partial charge in [-0.15, -0.1) is 0 Å². The van der Waals surface area contributed by atoms with Gasteiger partial charge in [-0.05, 0) is 47.0 Å². The fraction of sp³-hybridized carbons (Fsp3) is 0.385. The number of halogens is 1. The average molecular weight is 309 g/mol. The number of pyridine rings is 1. The number of aromatic nitrogens is 3. The number of nitrogens with two attached hydrogens (primary N) is 1. The van der Waals surface area contributed by atoms with Crippen molar-refractivity contribution < 1.29 is 0 Å². The van der Waals surface area contributed by atoms with Crippen LogP contribution in [0.25, 0.3) is 0 Å². The number of nitrogens with zero attached hydrogens (tertiary/aromatic N) is 3. The Kier molecular flexibility index (Phi) is 4.14. The van der Waals surface area contributed by atoms with Crippen LogP contribution < -0.4 is 5.73 Å². The zero-order valence-electron chi connectivity index (χ0n) is 10.6. The van der Waals surface area contributed by atoms with Crippen molar-refractivity contribution in [2.24, 2.45) is 5.73 Å². The van der Waals surface area contributed by atoms with E-state index < -0.39 is 0 Å². The first-order chi connectivity index (χ1) is 8.63. The van der Waals surface area contributed by atoms with Gasteiger partial charge in [0, 0.05) is 18.4 Å². The van der Waals surface area contributed by atoms with Crippen molar-refractivity contribution in [2.45, 2.75) is 32.9 Å². The molecule has 2 aromatic heterocycles. The largest absolute Gasteiger partial charge is 0.319 e. The molecular weight excluding hydrogens is 292 g/mol. The lowest BCUT2D eigenvalue weighted by Crippen LogP contribution is -2.18. The molecule has 0 saturated heterocycles. The van der Waals surface area contributed by atoms with Crippen LogP contribution in [0, 0.1) is 6.92 Å². The third-order valence-electron chi connectivity index (χ3n) is 2.84. The van der Waals surface area contributed by atoms with E-state index in [1.807, 2.05) is 23.7 Å². The summed E-state index contributed by atoms with van der Waals surface area (Å²) in [5.41, 5.74) is 9.39. The normalized spacial score (nSPS) is 12.7. The lowest BCUT2D eigenvalue weighted by atomic mass is 10.1. The highest BCUT2D eigenvalue weighted by atomic mass is 79.9. The van der Waals surface area contributed by atoms with E-state index in [2.05, 4.69) is 32.9 Å². The second-order valence-electron chi connectivity index (χ2n) is 4.31. The molecule has 2 aromatic rings. The average Bonchev–Trinajstić information content (AvgIpc) is 2.70. The smallest absolute Gasteiger partial charge is 0.0738 e. The van der Waals surface area contributed by atoms with Gasteiger partial charge in [0.05, 0.1) is 22.4 Å². The Morgan fingerprint density at radius 1 is 1.50 bits per heavy atom. The predicted molar refractivity (Wildman–Crippen MR) is 75.2 cm³/mol. The van der Waals surface area contributed by atoms with E-state index in [1.54, 1.807) is 12.4 Å². The molecule has 0 aliphatic heterocycles. The molecule has 0 aliphatic carbocycles. The number of hydrogen-bond donors (Lipinski definition) is 1. The molecule has 4 nitrogen and oxygen atoms in total. The van der Waals surface area contributed by atoms with E-state index in [1.165, 1.54) is 0 Å². The second-order valence-corrected chi connectivity index (χ2v) is 5.16. The fourth-order valence-corrected chi connectivity index (χ4v) is 2.53. The van der Waals surface area contributed by atoms with Crippen LogP contribution >= 0.6 is 15.9 Å². The van der Waals surface area contributed by atoms with Crippen LogP contribution in [0.5, 0.6) is 0 Å². The molecule has 0 fully saturated rings. The van der Waals surface area contributed by atoms with Gasteiger partial charge in [0.1, 0.15) is 0 Å². The summed E-state index contributed by atoms with van der Waals surface area (Å²) in [6.07, 6.45) is 4.63. The van der Waals surface area contributed by atoms with Gasteiger partial charge in [0.2, 0.25) is 0 Å². The molecular formula is C13H17BrN4. The summed E-state index contributed by atoms with van der Waals surface area (Å²) in [5.74, 6) is 0. The van der Waals surface area contributed by atoms with Crippen molar-refractivity contribution in [2.75, 3.05) is 0 Å². The van der Waals surface area contributed by atoms with Gasteiger partial charge in [0.25, 0.3) is 0 Å². The monoisotopic (exact) mass is 308 g/mol. The summed E-state index contributed by atoms with van der Waals surface area (Å²) in [6, 6.07) is 3.78. The Bertz CT molecular complexity index is 536. The molecule has 0 amide bonds. The van der Waals surface area contributed by atoms with Crippen LogP contribution in [0.4, 0.5) is 0 Å². The van der Waals surface area contributed by atoms with Gasteiger partial charge in [-0.25, -0.2) is 0 Å². The Morgan fingerprint density at radius 3 is 2.94 bits per heavy atom. The minimum Gasteiger partial charge on any atom is -0.319 e.